The maximum atomic E-state index is 13.4. The van der Waals surface area contributed by atoms with Crippen molar-refractivity contribution in [1.82, 2.24) is 9.97 Å². The van der Waals surface area contributed by atoms with Crippen molar-refractivity contribution in [2.45, 2.75) is 13.3 Å². The quantitative estimate of drug-likeness (QED) is 0.417. The van der Waals surface area contributed by atoms with Crippen molar-refractivity contribution in [3.8, 4) is 11.1 Å². The Labute approximate surface area is 180 Å². The largest absolute Gasteiger partial charge is 0.324 e. The molecule has 154 valence electrons. The van der Waals surface area contributed by atoms with E-state index in [-0.39, 0.29) is 11.7 Å². The second-order valence-corrected chi connectivity index (χ2v) is 7.01. The van der Waals surface area contributed by atoms with E-state index in [0.717, 1.165) is 23.4 Å². The first kappa shape index (κ1) is 20.2. The molecule has 5 nitrogen and oxygen atoms in total. The van der Waals surface area contributed by atoms with Gasteiger partial charge >= 0.3 is 0 Å². The summed E-state index contributed by atoms with van der Waals surface area (Å²) < 4.78 is 13.4. The molecule has 2 N–H and O–H groups in total. The summed E-state index contributed by atoms with van der Waals surface area (Å²) in [5.74, 6) is -0.0679. The highest BCUT2D eigenvalue weighted by Gasteiger charge is 2.07. The Morgan fingerprint density at radius 3 is 2.19 bits per heavy atom. The van der Waals surface area contributed by atoms with Crippen LogP contribution in [0.4, 0.5) is 21.7 Å². The van der Waals surface area contributed by atoms with Gasteiger partial charge in [0.05, 0.1) is 0 Å². The van der Waals surface area contributed by atoms with E-state index < -0.39 is 0 Å². The first-order valence-electron chi connectivity index (χ1n) is 9.96. The van der Waals surface area contributed by atoms with Crippen LogP contribution in [0.1, 0.15) is 22.8 Å². The van der Waals surface area contributed by atoms with E-state index in [1.807, 2.05) is 24.3 Å². The normalized spacial score (nSPS) is 10.5. The maximum absolute atomic E-state index is 13.4. The first-order valence-corrected chi connectivity index (χ1v) is 9.96. The maximum Gasteiger partial charge on any atom is 0.255 e. The molecular weight excluding hydrogens is 391 g/mol. The lowest BCUT2D eigenvalue weighted by atomic mass is 10.1. The molecule has 6 heteroatoms. The van der Waals surface area contributed by atoms with Crippen LogP contribution in [-0.2, 0) is 6.42 Å². The van der Waals surface area contributed by atoms with Crippen LogP contribution in [0.2, 0.25) is 0 Å². The van der Waals surface area contributed by atoms with Crippen molar-refractivity contribution in [1.29, 1.82) is 0 Å². The van der Waals surface area contributed by atoms with E-state index in [1.165, 1.54) is 17.7 Å². The van der Waals surface area contributed by atoms with E-state index in [2.05, 4.69) is 27.5 Å². The zero-order valence-corrected chi connectivity index (χ0v) is 17.0. The van der Waals surface area contributed by atoms with Gasteiger partial charge in [0.15, 0.2) is 0 Å². The Bertz CT molecular complexity index is 1170. The molecule has 0 bridgehead atoms. The minimum atomic E-state index is -0.304. The Kier molecular flexibility index (Phi) is 5.98. The summed E-state index contributed by atoms with van der Waals surface area (Å²) in [6.45, 7) is 2.09. The smallest absolute Gasteiger partial charge is 0.255 e. The van der Waals surface area contributed by atoms with E-state index >= 15 is 0 Å². The van der Waals surface area contributed by atoms with Crippen molar-refractivity contribution >= 4 is 23.2 Å². The Hall–Kier alpha value is -4.06. The van der Waals surface area contributed by atoms with E-state index in [9.17, 15) is 9.18 Å². The molecule has 0 saturated carbocycles. The lowest BCUT2D eigenvalue weighted by molar-refractivity contribution is 0.102. The summed E-state index contributed by atoms with van der Waals surface area (Å²) in [6.07, 6.45) is 4.23. The zero-order chi connectivity index (χ0) is 21.6. The Morgan fingerprint density at radius 2 is 1.55 bits per heavy atom. The van der Waals surface area contributed by atoms with Crippen molar-refractivity contribution in [2.75, 3.05) is 10.6 Å². The number of aryl methyl sites for hydroxylation is 1. The summed E-state index contributed by atoms with van der Waals surface area (Å²) >= 11 is 0. The topological polar surface area (TPSA) is 66.9 Å². The molecule has 0 unspecified atom stereocenters. The number of benzene rings is 3. The van der Waals surface area contributed by atoms with Crippen LogP contribution >= 0.6 is 0 Å². The molecule has 0 saturated heterocycles. The molecule has 0 aliphatic heterocycles. The van der Waals surface area contributed by atoms with Crippen LogP contribution in [0.15, 0.2) is 85.2 Å². The Balaban J connectivity index is 1.39. The van der Waals surface area contributed by atoms with Crippen molar-refractivity contribution in [3.05, 3.63) is 102 Å². The summed E-state index contributed by atoms with van der Waals surface area (Å²) in [5.41, 5.74) is 4.72. The molecular formula is C25H21FN4O. The molecule has 0 spiro atoms. The minimum Gasteiger partial charge on any atom is -0.324 e. The van der Waals surface area contributed by atoms with Gasteiger partial charge in [-0.05, 0) is 66.1 Å². The van der Waals surface area contributed by atoms with Crippen molar-refractivity contribution in [2.24, 2.45) is 0 Å². The third-order valence-electron chi connectivity index (χ3n) is 4.83. The number of rotatable bonds is 6. The van der Waals surface area contributed by atoms with Gasteiger partial charge in [0, 0.05) is 34.9 Å². The van der Waals surface area contributed by atoms with Crippen molar-refractivity contribution in [3.63, 3.8) is 0 Å². The molecule has 1 heterocycles. The molecule has 1 amide bonds. The number of hydrogen-bond donors (Lipinski definition) is 2. The number of amides is 1. The average Bonchev–Trinajstić information content (AvgIpc) is 2.80. The van der Waals surface area contributed by atoms with Gasteiger partial charge < -0.3 is 10.6 Å². The highest BCUT2D eigenvalue weighted by molar-refractivity contribution is 6.04. The third-order valence-corrected chi connectivity index (χ3v) is 4.83. The standard InChI is InChI=1S/C25H21FN4O/c1-2-17-6-10-22(11-7-17)29-24(31)18-8-12-23(13-9-18)30-25-27-15-20(16-28-25)19-4-3-5-21(26)14-19/h3-16H,2H2,1H3,(H,29,31)(H,27,28,30). The molecule has 0 aliphatic carbocycles. The number of hydrogen-bond acceptors (Lipinski definition) is 4. The van der Waals surface area contributed by atoms with E-state index in [0.29, 0.717) is 17.1 Å². The van der Waals surface area contributed by atoms with Crippen LogP contribution in [-0.4, -0.2) is 15.9 Å². The summed E-state index contributed by atoms with van der Waals surface area (Å²) in [6, 6.07) is 21.1. The van der Waals surface area contributed by atoms with E-state index in [4.69, 9.17) is 0 Å². The lowest BCUT2D eigenvalue weighted by Crippen LogP contribution is -2.11. The molecule has 4 aromatic rings. The van der Waals surface area contributed by atoms with Crippen LogP contribution in [0, 0.1) is 5.82 Å². The van der Waals surface area contributed by atoms with Gasteiger partial charge in [-0.3, -0.25) is 4.79 Å². The van der Waals surface area contributed by atoms with Gasteiger partial charge in [0.25, 0.3) is 5.91 Å². The monoisotopic (exact) mass is 412 g/mol. The van der Waals surface area contributed by atoms with Crippen LogP contribution in [0.5, 0.6) is 0 Å². The first-order chi connectivity index (χ1) is 15.1. The summed E-state index contributed by atoms with van der Waals surface area (Å²) in [5, 5.41) is 5.99. The fraction of sp³-hybridized carbons (Fsp3) is 0.0800. The van der Waals surface area contributed by atoms with Crippen LogP contribution in [0.3, 0.4) is 0 Å². The third kappa shape index (κ3) is 5.11. The molecule has 0 atom stereocenters. The SMILES string of the molecule is CCc1ccc(NC(=O)c2ccc(Nc3ncc(-c4cccc(F)c4)cn3)cc2)cc1. The zero-order valence-electron chi connectivity index (χ0n) is 17.0. The van der Waals surface area contributed by atoms with Gasteiger partial charge in [-0.15, -0.1) is 0 Å². The number of nitrogens with one attached hydrogen (secondary N) is 2. The fourth-order valence-corrected chi connectivity index (χ4v) is 3.07. The average molecular weight is 412 g/mol. The molecule has 0 fully saturated rings. The molecule has 1 aromatic heterocycles. The summed E-state index contributed by atoms with van der Waals surface area (Å²) in [4.78, 5) is 21.0. The number of halogens is 1. The lowest BCUT2D eigenvalue weighted by Gasteiger charge is -2.08. The molecule has 0 aliphatic rings. The van der Waals surface area contributed by atoms with Gasteiger partial charge in [-0.1, -0.05) is 31.2 Å². The number of nitrogens with zero attached hydrogens (tertiary/aromatic N) is 2. The second-order valence-electron chi connectivity index (χ2n) is 7.01. The van der Waals surface area contributed by atoms with Crippen molar-refractivity contribution < 1.29 is 9.18 Å². The van der Waals surface area contributed by atoms with Gasteiger partial charge in [-0.2, -0.15) is 0 Å². The van der Waals surface area contributed by atoms with Gasteiger partial charge in [-0.25, -0.2) is 14.4 Å². The van der Waals surface area contributed by atoms with Crippen LogP contribution in [0.25, 0.3) is 11.1 Å². The van der Waals surface area contributed by atoms with Gasteiger partial charge in [0.1, 0.15) is 5.82 Å². The number of aromatic nitrogens is 2. The molecule has 4 rings (SSSR count). The fourth-order valence-electron chi connectivity index (χ4n) is 3.07. The highest BCUT2D eigenvalue weighted by Crippen LogP contribution is 2.20. The predicted octanol–water partition coefficient (Wildman–Crippen LogP) is 5.84. The van der Waals surface area contributed by atoms with Crippen LogP contribution < -0.4 is 10.6 Å². The molecule has 0 radical (unpaired) electrons. The highest BCUT2D eigenvalue weighted by atomic mass is 19.1. The second kappa shape index (κ2) is 9.17. The number of carbonyl (C=O) groups is 1. The van der Waals surface area contributed by atoms with E-state index in [1.54, 1.807) is 48.8 Å². The summed E-state index contributed by atoms with van der Waals surface area (Å²) in [7, 11) is 0. The van der Waals surface area contributed by atoms with Gasteiger partial charge in [0.2, 0.25) is 5.95 Å². The molecule has 3 aromatic carbocycles. The number of anilines is 3. The predicted molar refractivity (Wildman–Crippen MR) is 121 cm³/mol. The number of carbonyl (C=O) groups excluding carboxylic acids is 1. The molecule has 31 heavy (non-hydrogen) atoms. The Morgan fingerprint density at radius 1 is 0.871 bits per heavy atom. The minimum absolute atomic E-state index is 0.175.